The van der Waals surface area contributed by atoms with Crippen molar-refractivity contribution in [2.45, 2.75) is 18.9 Å². The molecule has 0 spiro atoms. The Morgan fingerprint density at radius 2 is 2.14 bits per heavy atom. The number of hydrogen-bond acceptors (Lipinski definition) is 5. The minimum Gasteiger partial charge on any atom is -0.393 e. The van der Waals surface area contributed by atoms with Crippen LogP contribution in [0.3, 0.4) is 0 Å². The van der Waals surface area contributed by atoms with Crippen LogP contribution in [0.4, 0.5) is 15.8 Å². The lowest BCUT2D eigenvalue weighted by Gasteiger charge is -2.16. The van der Waals surface area contributed by atoms with Crippen LogP contribution in [0.1, 0.15) is 23.2 Å². The zero-order valence-electron chi connectivity index (χ0n) is 11.0. The topological polar surface area (TPSA) is 124 Å². The van der Waals surface area contributed by atoms with Crippen LogP contribution in [-0.4, -0.2) is 23.4 Å². The average molecular weight is 319 g/mol. The van der Waals surface area contributed by atoms with Gasteiger partial charge in [0, 0.05) is 12.6 Å². The monoisotopic (exact) mass is 318 g/mol. The summed E-state index contributed by atoms with van der Waals surface area (Å²) in [4.78, 5) is 22.0. The Labute approximate surface area is 126 Å². The molecule has 1 amide bonds. The first-order valence-corrected chi connectivity index (χ1v) is 6.18. The largest absolute Gasteiger partial charge is 0.393 e. The smallest absolute Gasteiger partial charge is 0.295 e. The van der Waals surface area contributed by atoms with Gasteiger partial charge in [0.15, 0.2) is 0 Å². The number of hydrogen-bond donors (Lipinski definition) is 3. The molecule has 0 saturated heterocycles. The predicted molar refractivity (Wildman–Crippen MR) is 77.7 cm³/mol. The van der Waals surface area contributed by atoms with E-state index in [4.69, 9.17) is 11.5 Å². The van der Waals surface area contributed by atoms with Gasteiger partial charge >= 0.3 is 0 Å². The summed E-state index contributed by atoms with van der Waals surface area (Å²) < 4.78 is 13.4. The molecule has 9 heteroatoms. The second-order valence-electron chi connectivity index (χ2n) is 4.80. The molecule has 5 N–H and O–H groups in total. The summed E-state index contributed by atoms with van der Waals surface area (Å²) in [6.45, 7) is 0.258. The van der Waals surface area contributed by atoms with Gasteiger partial charge in [-0.1, -0.05) is 0 Å². The summed E-state index contributed by atoms with van der Waals surface area (Å²) in [7, 11) is 0. The van der Waals surface area contributed by atoms with Crippen molar-refractivity contribution >= 4 is 29.7 Å². The minimum atomic E-state index is -0.883. The molecule has 0 heterocycles. The zero-order valence-corrected chi connectivity index (χ0v) is 11.9. The van der Waals surface area contributed by atoms with Crippen molar-refractivity contribution in [2.75, 3.05) is 12.3 Å². The summed E-state index contributed by atoms with van der Waals surface area (Å²) in [6, 6.07) is 1.36. The molecule has 21 heavy (non-hydrogen) atoms. The van der Waals surface area contributed by atoms with E-state index < -0.39 is 22.3 Å². The fourth-order valence-electron chi connectivity index (χ4n) is 2.06. The standard InChI is InChI=1S/C12H15FN4O3.ClH/c13-7-3-8(11(15)10(4-7)17(19)20)12(18)16-9(5-14)6-1-2-6;/h3-4,6,9H,1-2,5,14-15H2,(H,16,18);1H. The Balaban J connectivity index is 0.00000220. The van der Waals surface area contributed by atoms with Crippen molar-refractivity contribution in [3.63, 3.8) is 0 Å². The van der Waals surface area contributed by atoms with E-state index in [1.807, 2.05) is 0 Å². The molecule has 1 saturated carbocycles. The lowest BCUT2D eigenvalue weighted by Crippen LogP contribution is -2.42. The molecule has 1 unspecified atom stereocenters. The molecule has 7 nitrogen and oxygen atoms in total. The molecule has 1 atom stereocenters. The Bertz CT molecular complexity index is 566. The Hall–Kier alpha value is -1.93. The molecule has 116 valence electrons. The fraction of sp³-hybridized carbons (Fsp3) is 0.417. The third-order valence-electron chi connectivity index (χ3n) is 3.33. The molecule has 1 aliphatic rings. The molecule has 0 bridgehead atoms. The number of rotatable bonds is 5. The van der Waals surface area contributed by atoms with Crippen molar-refractivity contribution < 1.29 is 14.1 Å². The molecule has 0 aromatic heterocycles. The number of nitrogens with two attached hydrogens (primary N) is 2. The summed E-state index contributed by atoms with van der Waals surface area (Å²) in [5.41, 5.74) is 9.91. The van der Waals surface area contributed by atoms with Gasteiger partial charge in [-0.15, -0.1) is 12.4 Å². The van der Waals surface area contributed by atoms with Gasteiger partial charge in [-0.05, 0) is 24.8 Å². The van der Waals surface area contributed by atoms with E-state index in [2.05, 4.69) is 5.32 Å². The summed E-state index contributed by atoms with van der Waals surface area (Å²) in [5.74, 6) is -1.21. The third kappa shape index (κ3) is 3.79. The second kappa shape index (κ2) is 6.68. The zero-order chi connectivity index (χ0) is 14.9. The highest BCUT2D eigenvalue weighted by molar-refractivity contribution is 6.01. The lowest BCUT2D eigenvalue weighted by molar-refractivity contribution is -0.384. The second-order valence-corrected chi connectivity index (χ2v) is 4.80. The van der Waals surface area contributed by atoms with Crippen molar-refractivity contribution in [2.24, 2.45) is 11.7 Å². The molecular weight excluding hydrogens is 303 g/mol. The highest BCUT2D eigenvalue weighted by Gasteiger charge is 2.32. The Morgan fingerprint density at radius 3 is 2.62 bits per heavy atom. The quantitative estimate of drug-likeness (QED) is 0.427. The van der Waals surface area contributed by atoms with Crippen LogP contribution < -0.4 is 16.8 Å². The number of carbonyl (C=O) groups is 1. The Kier molecular flexibility index (Phi) is 5.45. The summed E-state index contributed by atoms with van der Waals surface area (Å²) in [6.07, 6.45) is 1.95. The van der Waals surface area contributed by atoms with Crippen molar-refractivity contribution in [3.8, 4) is 0 Å². The number of amides is 1. The number of nitro groups is 1. The molecule has 1 aliphatic carbocycles. The Morgan fingerprint density at radius 1 is 1.52 bits per heavy atom. The van der Waals surface area contributed by atoms with E-state index in [0.717, 1.165) is 18.9 Å². The highest BCUT2D eigenvalue weighted by atomic mass is 35.5. The number of halogens is 2. The summed E-state index contributed by atoms with van der Waals surface area (Å²) >= 11 is 0. The van der Waals surface area contributed by atoms with Gasteiger partial charge in [-0.2, -0.15) is 0 Å². The lowest BCUT2D eigenvalue weighted by atomic mass is 10.1. The molecule has 0 aliphatic heterocycles. The van der Waals surface area contributed by atoms with Crippen LogP contribution in [0.15, 0.2) is 12.1 Å². The molecule has 1 aromatic rings. The first kappa shape index (κ1) is 17.1. The van der Waals surface area contributed by atoms with Crippen LogP contribution in [0, 0.1) is 21.8 Å². The van der Waals surface area contributed by atoms with E-state index in [9.17, 15) is 19.3 Å². The van der Waals surface area contributed by atoms with Gasteiger partial charge in [-0.3, -0.25) is 14.9 Å². The number of nitrogens with zero attached hydrogens (tertiary/aromatic N) is 1. The third-order valence-corrected chi connectivity index (χ3v) is 3.33. The summed E-state index contributed by atoms with van der Waals surface area (Å²) in [5, 5.41) is 13.4. The van der Waals surface area contributed by atoms with Crippen LogP contribution >= 0.6 is 12.4 Å². The normalized spacial score (nSPS) is 15.0. The first-order chi connectivity index (χ1) is 9.43. The average Bonchev–Trinajstić information content (AvgIpc) is 3.22. The first-order valence-electron chi connectivity index (χ1n) is 6.18. The van der Waals surface area contributed by atoms with Gasteiger partial charge in [0.2, 0.25) is 0 Å². The van der Waals surface area contributed by atoms with Gasteiger partial charge in [0.1, 0.15) is 11.5 Å². The molecular formula is C12H16ClFN4O3. The molecule has 1 aromatic carbocycles. The van der Waals surface area contributed by atoms with Crippen LogP contribution in [0.25, 0.3) is 0 Å². The van der Waals surface area contributed by atoms with E-state index >= 15 is 0 Å². The van der Waals surface area contributed by atoms with Gasteiger partial charge in [0.05, 0.1) is 16.6 Å². The number of nitrogen functional groups attached to an aromatic ring is 1. The predicted octanol–water partition coefficient (Wildman–Crippen LogP) is 1.20. The fourth-order valence-corrected chi connectivity index (χ4v) is 2.06. The van der Waals surface area contributed by atoms with Crippen LogP contribution in [-0.2, 0) is 0 Å². The van der Waals surface area contributed by atoms with Gasteiger partial charge in [0.25, 0.3) is 11.6 Å². The SMILES string of the molecule is Cl.NCC(NC(=O)c1cc(F)cc([N+](=O)[O-])c1N)C1CC1. The van der Waals surface area contributed by atoms with Crippen molar-refractivity contribution in [1.82, 2.24) is 5.32 Å². The van der Waals surface area contributed by atoms with E-state index in [0.29, 0.717) is 12.0 Å². The van der Waals surface area contributed by atoms with Crippen LogP contribution in [0.5, 0.6) is 0 Å². The minimum absolute atomic E-state index is 0. The number of anilines is 1. The van der Waals surface area contributed by atoms with Gasteiger partial charge in [-0.25, -0.2) is 4.39 Å². The molecule has 0 radical (unpaired) electrons. The maximum absolute atomic E-state index is 13.4. The number of nitro benzene ring substituents is 1. The van der Waals surface area contributed by atoms with Gasteiger partial charge < -0.3 is 16.8 Å². The van der Waals surface area contributed by atoms with E-state index in [1.54, 1.807) is 0 Å². The van der Waals surface area contributed by atoms with E-state index in [-0.39, 0.29) is 36.2 Å². The maximum atomic E-state index is 13.4. The van der Waals surface area contributed by atoms with Crippen molar-refractivity contribution in [1.29, 1.82) is 0 Å². The molecule has 1 fully saturated rings. The maximum Gasteiger partial charge on any atom is 0.295 e. The number of nitrogens with one attached hydrogen (secondary N) is 1. The highest BCUT2D eigenvalue weighted by Crippen LogP contribution is 2.33. The van der Waals surface area contributed by atoms with E-state index in [1.165, 1.54) is 0 Å². The number of carbonyl (C=O) groups excluding carboxylic acids is 1. The van der Waals surface area contributed by atoms with Crippen LogP contribution in [0.2, 0.25) is 0 Å². The number of benzene rings is 1. The van der Waals surface area contributed by atoms with Crippen molar-refractivity contribution in [3.05, 3.63) is 33.6 Å². The molecule has 2 rings (SSSR count).